The molecule has 0 unspecified atom stereocenters. The zero-order valence-corrected chi connectivity index (χ0v) is 13.7. The van der Waals surface area contributed by atoms with Gasteiger partial charge in [0, 0.05) is 31.2 Å². The Morgan fingerprint density at radius 3 is 2.45 bits per heavy atom. The van der Waals surface area contributed by atoms with E-state index < -0.39 is 0 Å². The van der Waals surface area contributed by atoms with Crippen molar-refractivity contribution in [2.75, 3.05) is 13.1 Å². The molecular weight excluding hydrogens is 328 g/mol. The fourth-order valence-corrected chi connectivity index (χ4v) is 2.54. The molecule has 122 valence electrons. The first-order chi connectivity index (χ1) is 9.72. The second-order valence-corrected chi connectivity index (χ2v) is 5.25. The number of oxazole rings is 1. The number of nitrogens with two attached hydrogens (primary N) is 1. The Kier molecular flexibility index (Phi) is 7.29. The molecule has 3 rings (SSSR count). The van der Waals surface area contributed by atoms with Gasteiger partial charge in [0.25, 0.3) is 0 Å². The lowest BCUT2D eigenvalue weighted by molar-refractivity contribution is 0.204. The number of rotatable bonds is 3. The SMILES string of the molecule is Cl.Cl.NC1CCN(Cc2ncoc2-c2ccc(F)cc2)CC1. The fourth-order valence-electron chi connectivity index (χ4n) is 2.54. The molecule has 1 saturated heterocycles. The summed E-state index contributed by atoms with van der Waals surface area (Å²) in [6, 6.07) is 6.61. The Hall–Kier alpha value is -1.14. The van der Waals surface area contributed by atoms with Crippen molar-refractivity contribution in [3.05, 3.63) is 42.2 Å². The maximum atomic E-state index is 13.0. The van der Waals surface area contributed by atoms with Crippen molar-refractivity contribution in [2.45, 2.75) is 25.4 Å². The van der Waals surface area contributed by atoms with Gasteiger partial charge < -0.3 is 10.2 Å². The van der Waals surface area contributed by atoms with E-state index in [-0.39, 0.29) is 30.6 Å². The summed E-state index contributed by atoms with van der Waals surface area (Å²) in [5.74, 6) is 0.472. The Bertz CT molecular complexity index is 568. The Labute approximate surface area is 141 Å². The van der Waals surface area contributed by atoms with E-state index in [4.69, 9.17) is 10.2 Å². The van der Waals surface area contributed by atoms with Crippen LogP contribution >= 0.6 is 24.8 Å². The fraction of sp³-hybridized carbons (Fsp3) is 0.400. The molecule has 0 spiro atoms. The summed E-state index contributed by atoms with van der Waals surface area (Å²) in [6.07, 6.45) is 3.48. The van der Waals surface area contributed by atoms with Gasteiger partial charge in [0.2, 0.25) is 0 Å². The van der Waals surface area contributed by atoms with Crippen molar-refractivity contribution in [1.82, 2.24) is 9.88 Å². The van der Waals surface area contributed by atoms with Crippen molar-refractivity contribution in [3.63, 3.8) is 0 Å². The molecule has 0 atom stereocenters. The summed E-state index contributed by atoms with van der Waals surface area (Å²) >= 11 is 0. The lowest BCUT2D eigenvalue weighted by Crippen LogP contribution is -2.39. The molecule has 1 aliphatic heterocycles. The molecule has 0 bridgehead atoms. The molecule has 1 aromatic heterocycles. The first-order valence-corrected chi connectivity index (χ1v) is 6.88. The highest BCUT2D eigenvalue weighted by atomic mass is 35.5. The van der Waals surface area contributed by atoms with Crippen molar-refractivity contribution >= 4 is 24.8 Å². The molecule has 1 fully saturated rings. The maximum Gasteiger partial charge on any atom is 0.181 e. The van der Waals surface area contributed by atoms with Crippen LogP contribution in [0.1, 0.15) is 18.5 Å². The van der Waals surface area contributed by atoms with Gasteiger partial charge >= 0.3 is 0 Å². The number of aromatic nitrogens is 1. The first kappa shape index (κ1) is 18.9. The van der Waals surface area contributed by atoms with Gasteiger partial charge in [-0.15, -0.1) is 24.8 Å². The minimum absolute atomic E-state index is 0. The molecule has 7 heteroatoms. The number of hydrogen-bond acceptors (Lipinski definition) is 4. The van der Waals surface area contributed by atoms with Crippen molar-refractivity contribution in [3.8, 4) is 11.3 Å². The molecular formula is C15H20Cl2FN3O. The van der Waals surface area contributed by atoms with E-state index in [2.05, 4.69) is 9.88 Å². The van der Waals surface area contributed by atoms with Gasteiger partial charge in [-0.2, -0.15) is 0 Å². The molecule has 0 aliphatic carbocycles. The smallest absolute Gasteiger partial charge is 0.181 e. The quantitative estimate of drug-likeness (QED) is 0.925. The van der Waals surface area contributed by atoms with Crippen LogP contribution in [0.4, 0.5) is 4.39 Å². The van der Waals surface area contributed by atoms with Crippen molar-refractivity contribution < 1.29 is 8.81 Å². The number of nitrogens with zero attached hydrogens (tertiary/aromatic N) is 2. The molecule has 0 radical (unpaired) electrons. The Morgan fingerprint density at radius 2 is 1.82 bits per heavy atom. The summed E-state index contributed by atoms with van der Waals surface area (Å²) in [5, 5.41) is 0. The zero-order valence-electron chi connectivity index (χ0n) is 12.1. The molecule has 2 aromatic rings. The van der Waals surface area contributed by atoms with E-state index in [0.717, 1.165) is 49.5 Å². The molecule has 2 heterocycles. The Balaban J connectivity index is 0.00000121. The third-order valence-corrected chi connectivity index (χ3v) is 3.75. The molecule has 4 nitrogen and oxygen atoms in total. The first-order valence-electron chi connectivity index (χ1n) is 6.88. The number of likely N-dealkylation sites (tertiary alicyclic amines) is 1. The number of halogens is 3. The van der Waals surface area contributed by atoms with Crippen LogP contribution in [0.15, 0.2) is 35.1 Å². The molecule has 0 saturated carbocycles. The topological polar surface area (TPSA) is 55.3 Å². The van der Waals surface area contributed by atoms with E-state index in [9.17, 15) is 4.39 Å². The number of hydrogen-bond donors (Lipinski definition) is 1. The van der Waals surface area contributed by atoms with Crippen LogP contribution in [0, 0.1) is 5.82 Å². The van der Waals surface area contributed by atoms with E-state index in [1.54, 1.807) is 12.1 Å². The predicted molar refractivity (Wildman–Crippen MR) is 88.9 cm³/mol. The van der Waals surface area contributed by atoms with Crippen LogP contribution in [0.2, 0.25) is 0 Å². The van der Waals surface area contributed by atoms with Crippen LogP contribution in [-0.4, -0.2) is 29.0 Å². The summed E-state index contributed by atoms with van der Waals surface area (Å²) < 4.78 is 18.4. The maximum absolute atomic E-state index is 13.0. The van der Waals surface area contributed by atoms with E-state index in [0.29, 0.717) is 6.04 Å². The third kappa shape index (κ3) is 4.43. The van der Waals surface area contributed by atoms with Crippen LogP contribution in [0.25, 0.3) is 11.3 Å². The summed E-state index contributed by atoms with van der Waals surface area (Å²) in [7, 11) is 0. The van der Waals surface area contributed by atoms with E-state index in [1.165, 1.54) is 18.5 Å². The molecule has 0 amide bonds. The second-order valence-electron chi connectivity index (χ2n) is 5.25. The van der Waals surface area contributed by atoms with Crippen molar-refractivity contribution in [1.29, 1.82) is 0 Å². The van der Waals surface area contributed by atoms with Crippen LogP contribution in [0.3, 0.4) is 0 Å². The average molecular weight is 348 g/mol. The lowest BCUT2D eigenvalue weighted by Gasteiger charge is -2.29. The van der Waals surface area contributed by atoms with E-state index in [1.807, 2.05) is 0 Å². The molecule has 22 heavy (non-hydrogen) atoms. The molecule has 2 N–H and O–H groups in total. The Morgan fingerprint density at radius 1 is 1.18 bits per heavy atom. The molecule has 1 aromatic carbocycles. The molecule has 1 aliphatic rings. The van der Waals surface area contributed by atoms with Gasteiger partial charge in [0.15, 0.2) is 12.2 Å². The number of benzene rings is 1. The van der Waals surface area contributed by atoms with Crippen LogP contribution in [0.5, 0.6) is 0 Å². The van der Waals surface area contributed by atoms with Gasteiger partial charge in [-0.05, 0) is 37.1 Å². The minimum atomic E-state index is -0.250. The highest BCUT2D eigenvalue weighted by Gasteiger charge is 2.19. The number of piperidine rings is 1. The summed E-state index contributed by atoms with van der Waals surface area (Å²) in [4.78, 5) is 6.62. The van der Waals surface area contributed by atoms with Crippen molar-refractivity contribution in [2.24, 2.45) is 5.73 Å². The minimum Gasteiger partial charge on any atom is -0.443 e. The average Bonchev–Trinajstić information content (AvgIpc) is 2.90. The predicted octanol–water partition coefficient (Wildman–Crippen LogP) is 3.25. The van der Waals surface area contributed by atoms with Gasteiger partial charge in [0.1, 0.15) is 11.5 Å². The highest BCUT2D eigenvalue weighted by molar-refractivity contribution is 5.85. The van der Waals surface area contributed by atoms with Crippen LogP contribution < -0.4 is 5.73 Å². The monoisotopic (exact) mass is 347 g/mol. The lowest BCUT2D eigenvalue weighted by atomic mass is 10.1. The summed E-state index contributed by atoms with van der Waals surface area (Å²) in [5.41, 5.74) is 7.66. The zero-order chi connectivity index (χ0) is 13.9. The third-order valence-electron chi connectivity index (χ3n) is 3.75. The highest BCUT2D eigenvalue weighted by Crippen LogP contribution is 2.25. The van der Waals surface area contributed by atoms with Crippen LogP contribution in [-0.2, 0) is 6.54 Å². The summed E-state index contributed by atoms with van der Waals surface area (Å²) in [6.45, 7) is 2.71. The largest absolute Gasteiger partial charge is 0.443 e. The van der Waals surface area contributed by atoms with Gasteiger partial charge in [-0.3, -0.25) is 4.90 Å². The second kappa shape index (κ2) is 8.48. The van der Waals surface area contributed by atoms with Gasteiger partial charge in [-0.25, -0.2) is 9.37 Å². The standard InChI is InChI=1S/C15H18FN3O.2ClH/c16-12-3-1-11(2-4-12)15-14(18-10-20-15)9-19-7-5-13(17)6-8-19;;/h1-4,10,13H,5-9,17H2;2*1H. The van der Waals surface area contributed by atoms with E-state index >= 15 is 0 Å². The van der Waals surface area contributed by atoms with Gasteiger partial charge in [0.05, 0.1) is 0 Å². The normalized spacial score (nSPS) is 15.9. The van der Waals surface area contributed by atoms with Gasteiger partial charge in [-0.1, -0.05) is 0 Å².